The van der Waals surface area contributed by atoms with E-state index in [4.69, 9.17) is 14.2 Å². The number of hydrogen-bond donors (Lipinski definition) is 3. The highest BCUT2D eigenvalue weighted by Crippen LogP contribution is 2.29. The highest BCUT2D eigenvalue weighted by atomic mass is 32.3. The summed E-state index contributed by atoms with van der Waals surface area (Å²) in [6.45, 7) is 1.30. The predicted molar refractivity (Wildman–Crippen MR) is 48.4 cm³/mol. The lowest BCUT2D eigenvalue weighted by Crippen LogP contribution is -2.52. The molecule has 0 amide bonds. The normalized spacial score (nSPS) is 13.8. The Labute approximate surface area is 86.4 Å². The standard InChI is InChI=1S/C5H10O8S2/c1-2-3-5(4(6)7,14(8,9)10)15(11,12)13/h2-3H2,1H3,(H,6,7)(H,8,9,10)(H,11,12,13). The first-order valence-corrected chi connectivity index (χ1v) is 6.56. The van der Waals surface area contributed by atoms with Crippen LogP contribution in [-0.4, -0.2) is 41.1 Å². The zero-order valence-electron chi connectivity index (χ0n) is 7.61. The van der Waals surface area contributed by atoms with Crippen LogP contribution in [0.3, 0.4) is 0 Å². The maximum absolute atomic E-state index is 10.8. The molecule has 0 bridgehead atoms. The number of rotatable bonds is 5. The van der Waals surface area contributed by atoms with Crippen LogP contribution >= 0.6 is 0 Å². The topological polar surface area (TPSA) is 146 Å². The van der Waals surface area contributed by atoms with Gasteiger partial charge in [-0.1, -0.05) is 13.3 Å². The van der Waals surface area contributed by atoms with E-state index in [1.165, 1.54) is 6.92 Å². The molecule has 0 spiro atoms. The van der Waals surface area contributed by atoms with E-state index < -0.39 is 36.7 Å². The van der Waals surface area contributed by atoms with Crippen molar-refractivity contribution in [1.29, 1.82) is 0 Å². The Balaban J connectivity index is 6.10. The third-order valence-corrected chi connectivity index (χ3v) is 5.43. The molecule has 0 aromatic heterocycles. The molecule has 0 saturated heterocycles. The predicted octanol–water partition coefficient (Wildman–Crippen LogP) is -0.657. The highest BCUT2D eigenvalue weighted by Gasteiger charge is 2.61. The van der Waals surface area contributed by atoms with Crippen LogP contribution in [0.15, 0.2) is 0 Å². The summed E-state index contributed by atoms with van der Waals surface area (Å²) in [7, 11) is -11.0. The average molecular weight is 262 g/mol. The molecule has 0 aliphatic heterocycles. The SMILES string of the molecule is CCCC(C(=O)O)(S(=O)(=O)O)S(=O)(=O)O. The van der Waals surface area contributed by atoms with Gasteiger partial charge >= 0.3 is 10.0 Å². The van der Waals surface area contributed by atoms with Crippen LogP contribution < -0.4 is 0 Å². The molecule has 0 aromatic rings. The summed E-state index contributed by atoms with van der Waals surface area (Å²) in [6, 6.07) is 0. The van der Waals surface area contributed by atoms with Gasteiger partial charge in [0.2, 0.25) is 0 Å². The number of carboxylic acids is 1. The van der Waals surface area contributed by atoms with Crippen molar-refractivity contribution in [3.63, 3.8) is 0 Å². The number of carbonyl (C=O) groups is 1. The van der Waals surface area contributed by atoms with Gasteiger partial charge in [-0.15, -0.1) is 0 Å². The Morgan fingerprint density at radius 3 is 1.53 bits per heavy atom. The fourth-order valence-corrected chi connectivity index (χ4v) is 3.48. The first-order valence-electron chi connectivity index (χ1n) is 3.68. The minimum atomic E-state index is -5.48. The van der Waals surface area contributed by atoms with E-state index in [-0.39, 0.29) is 6.42 Å². The zero-order valence-corrected chi connectivity index (χ0v) is 9.25. The molecule has 0 heterocycles. The van der Waals surface area contributed by atoms with Crippen LogP contribution in [0, 0.1) is 0 Å². The molecule has 0 unspecified atom stereocenters. The lowest BCUT2D eigenvalue weighted by Gasteiger charge is -2.21. The Bertz CT molecular complexity index is 411. The quantitative estimate of drug-likeness (QED) is 0.553. The van der Waals surface area contributed by atoms with Crippen LogP contribution in [0.1, 0.15) is 19.8 Å². The minimum Gasteiger partial charge on any atom is -0.479 e. The second-order valence-corrected chi connectivity index (χ2v) is 6.31. The van der Waals surface area contributed by atoms with Crippen molar-refractivity contribution in [2.24, 2.45) is 0 Å². The first kappa shape index (κ1) is 14.3. The second kappa shape index (κ2) is 4.04. The van der Waals surface area contributed by atoms with Crippen molar-refractivity contribution < 1.29 is 35.8 Å². The van der Waals surface area contributed by atoms with Gasteiger partial charge in [0.1, 0.15) is 0 Å². The molecule has 0 aromatic carbocycles. The van der Waals surface area contributed by atoms with E-state index in [0.29, 0.717) is 0 Å². The largest absolute Gasteiger partial charge is 0.479 e. The Hall–Kier alpha value is -0.710. The third kappa shape index (κ3) is 2.27. The second-order valence-electron chi connectivity index (χ2n) is 2.76. The number of carboxylic acid groups (broad SMARTS) is 1. The Morgan fingerprint density at radius 1 is 1.13 bits per heavy atom. The lowest BCUT2D eigenvalue weighted by atomic mass is 10.2. The minimum absolute atomic E-state index is 0.175. The molecule has 90 valence electrons. The summed E-state index contributed by atoms with van der Waals surface area (Å²) in [5, 5.41) is 8.55. The molecular weight excluding hydrogens is 252 g/mol. The molecule has 8 nitrogen and oxygen atoms in total. The smallest absolute Gasteiger partial charge is 0.346 e. The van der Waals surface area contributed by atoms with E-state index in [0.717, 1.165) is 0 Å². The van der Waals surface area contributed by atoms with Crippen molar-refractivity contribution in [3.05, 3.63) is 0 Å². The molecule has 0 saturated carbocycles. The summed E-state index contributed by atoms with van der Waals surface area (Å²) in [5.41, 5.74) is 0. The van der Waals surface area contributed by atoms with E-state index in [2.05, 4.69) is 0 Å². The van der Waals surface area contributed by atoms with Crippen molar-refractivity contribution in [1.82, 2.24) is 0 Å². The van der Waals surface area contributed by atoms with Gasteiger partial charge in [-0.3, -0.25) is 9.11 Å². The number of aliphatic carboxylic acids is 1. The van der Waals surface area contributed by atoms with Gasteiger partial charge in [-0.25, -0.2) is 4.79 Å². The van der Waals surface area contributed by atoms with E-state index in [9.17, 15) is 21.6 Å². The summed E-state index contributed by atoms with van der Waals surface area (Å²) in [5.74, 6) is -2.34. The molecule has 15 heavy (non-hydrogen) atoms. The van der Waals surface area contributed by atoms with Crippen LogP contribution in [0.25, 0.3) is 0 Å². The van der Waals surface area contributed by atoms with E-state index >= 15 is 0 Å². The average Bonchev–Trinajstić information content (AvgIpc) is 1.93. The molecule has 0 aliphatic carbocycles. The van der Waals surface area contributed by atoms with Crippen LogP contribution in [0.4, 0.5) is 0 Å². The monoisotopic (exact) mass is 262 g/mol. The van der Waals surface area contributed by atoms with Gasteiger partial charge in [0.05, 0.1) is 0 Å². The summed E-state index contributed by atoms with van der Waals surface area (Å²) in [4.78, 5) is 10.6. The van der Waals surface area contributed by atoms with Crippen molar-refractivity contribution in [3.8, 4) is 0 Å². The van der Waals surface area contributed by atoms with Crippen molar-refractivity contribution in [2.75, 3.05) is 0 Å². The van der Waals surface area contributed by atoms with Gasteiger partial charge in [0.15, 0.2) is 0 Å². The molecule has 0 fully saturated rings. The molecule has 0 radical (unpaired) electrons. The Kier molecular flexibility index (Phi) is 3.85. The molecule has 0 aliphatic rings. The highest BCUT2D eigenvalue weighted by molar-refractivity contribution is 8.06. The number of hydrogen-bond acceptors (Lipinski definition) is 5. The van der Waals surface area contributed by atoms with Crippen LogP contribution in [-0.2, 0) is 25.0 Å². The first-order chi connectivity index (χ1) is 6.50. The molecule has 0 rings (SSSR count). The van der Waals surface area contributed by atoms with Gasteiger partial charge in [0.25, 0.3) is 20.2 Å². The summed E-state index contributed by atoms with van der Waals surface area (Å²) >= 11 is 0. The Morgan fingerprint density at radius 2 is 1.47 bits per heavy atom. The van der Waals surface area contributed by atoms with Crippen LogP contribution in [0.5, 0.6) is 0 Å². The van der Waals surface area contributed by atoms with Gasteiger partial charge in [0, 0.05) is 0 Å². The maximum Gasteiger partial charge on any atom is 0.346 e. The van der Waals surface area contributed by atoms with Gasteiger partial charge in [-0.05, 0) is 6.42 Å². The van der Waals surface area contributed by atoms with E-state index in [1.807, 2.05) is 0 Å². The van der Waals surface area contributed by atoms with Crippen LogP contribution in [0.2, 0.25) is 0 Å². The molecule has 10 heteroatoms. The summed E-state index contributed by atoms with van der Waals surface area (Å²) < 4.78 is 56.7. The van der Waals surface area contributed by atoms with Gasteiger partial charge in [-0.2, -0.15) is 16.8 Å². The van der Waals surface area contributed by atoms with Crippen molar-refractivity contribution >= 4 is 26.2 Å². The van der Waals surface area contributed by atoms with E-state index in [1.54, 1.807) is 0 Å². The summed E-state index contributed by atoms with van der Waals surface area (Å²) in [6.07, 6.45) is -1.12. The zero-order chi connectivity index (χ0) is 12.5. The fraction of sp³-hybridized carbons (Fsp3) is 0.800. The fourth-order valence-electron chi connectivity index (χ4n) is 1.05. The third-order valence-electron chi connectivity index (χ3n) is 1.74. The molecule has 3 N–H and O–H groups in total. The lowest BCUT2D eigenvalue weighted by molar-refractivity contribution is -0.138. The maximum atomic E-state index is 10.8. The molecular formula is C5H10O8S2. The van der Waals surface area contributed by atoms with Crippen molar-refractivity contribution in [2.45, 2.75) is 23.8 Å². The van der Waals surface area contributed by atoms with Gasteiger partial charge < -0.3 is 5.11 Å². The molecule has 0 atom stereocenters.